The van der Waals surface area contributed by atoms with Crippen LogP contribution in [0.5, 0.6) is 5.75 Å². The van der Waals surface area contributed by atoms with Crippen LogP contribution in [-0.4, -0.2) is 49.8 Å². The van der Waals surface area contributed by atoms with E-state index in [0.29, 0.717) is 24.5 Å². The Morgan fingerprint density at radius 1 is 1.15 bits per heavy atom. The molecule has 0 aromatic heterocycles. The van der Waals surface area contributed by atoms with Crippen molar-refractivity contribution >= 4 is 29.6 Å². The predicted molar refractivity (Wildman–Crippen MR) is 124 cm³/mol. The molecule has 1 aliphatic rings. The number of anilines is 1. The molecule has 3 rings (SSSR count). The third kappa shape index (κ3) is 7.73. The largest absolute Gasteiger partial charge is 0.484 e. The van der Waals surface area contributed by atoms with E-state index in [0.717, 1.165) is 29.7 Å². The van der Waals surface area contributed by atoms with E-state index in [1.165, 1.54) is 6.21 Å². The number of rotatable bonds is 8. The van der Waals surface area contributed by atoms with Crippen LogP contribution >= 0.6 is 0 Å². The van der Waals surface area contributed by atoms with E-state index in [1.54, 1.807) is 24.3 Å². The molecule has 9 nitrogen and oxygen atoms in total. The fourth-order valence-corrected chi connectivity index (χ4v) is 3.20. The molecule has 1 atom stereocenters. The van der Waals surface area contributed by atoms with Crippen molar-refractivity contribution in [3.8, 4) is 5.75 Å². The van der Waals surface area contributed by atoms with Crippen LogP contribution in [0, 0.1) is 13.8 Å². The van der Waals surface area contributed by atoms with Crippen molar-refractivity contribution in [3.05, 3.63) is 59.2 Å². The fraction of sp³-hybridized carbons (Fsp3) is 0.333. The van der Waals surface area contributed by atoms with Gasteiger partial charge < -0.3 is 20.1 Å². The first-order chi connectivity index (χ1) is 15.9. The molecule has 0 unspecified atom stereocenters. The Hall–Kier alpha value is -3.72. The molecule has 174 valence electrons. The number of nitrogens with one attached hydrogen (secondary N) is 3. The van der Waals surface area contributed by atoms with Crippen molar-refractivity contribution < 1.29 is 23.9 Å². The van der Waals surface area contributed by atoms with Gasteiger partial charge in [-0.15, -0.1) is 0 Å². The van der Waals surface area contributed by atoms with E-state index in [2.05, 4.69) is 21.2 Å². The molecule has 9 heteroatoms. The van der Waals surface area contributed by atoms with Gasteiger partial charge in [0.15, 0.2) is 6.61 Å². The molecular weight excluding hydrogens is 424 g/mol. The number of hydrogen-bond acceptors (Lipinski definition) is 6. The number of aryl methyl sites for hydroxylation is 2. The SMILES string of the molecule is Cc1ccc(C)c(NC(=O)COc2cccc(/C=N\NC(=O)C(=O)NC[C@@H]3CCCO3)c2)c1. The molecular formula is C24H28N4O5. The topological polar surface area (TPSA) is 118 Å². The van der Waals surface area contributed by atoms with E-state index < -0.39 is 11.8 Å². The smallest absolute Gasteiger partial charge is 0.329 e. The van der Waals surface area contributed by atoms with Crippen molar-refractivity contribution in [1.82, 2.24) is 10.7 Å². The van der Waals surface area contributed by atoms with Crippen molar-refractivity contribution in [1.29, 1.82) is 0 Å². The predicted octanol–water partition coefficient (Wildman–Crippen LogP) is 2.07. The van der Waals surface area contributed by atoms with Gasteiger partial charge in [-0.1, -0.05) is 24.3 Å². The highest BCUT2D eigenvalue weighted by Crippen LogP contribution is 2.17. The summed E-state index contributed by atoms with van der Waals surface area (Å²) in [5.41, 5.74) is 5.58. The number of benzene rings is 2. The summed E-state index contributed by atoms with van der Waals surface area (Å²) >= 11 is 0. The van der Waals surface area contributed by atoms with Gasteiger partial charge in [-0.3, -0.25) is 14.4 Å². The molecule has 0 saturated carbocycles. The van der Waals surface area contributed by atoms with E-state index in [-0.39, 0.29) is 18.6 Å². The van der Waals surface area contributed by atoms with Crippen molar-refractivity contribution in [2.75, 3.05) is 25.1 Å². The van der Waals surface area contributed by atoms with Crippen molar-refractivity contribution in [2.45, 2.75) is 32.8 Å². The fourth-order valence-electron chi connectivity index (χ4n) is 3.20. The second kappa shape index (κ2) is 11.8. The third-order valence-electron chi connectivity index (χ3n) is 5.00. The van der Waals surface area contributed by atoms with Gasteiger partial charge in [0.1, 0.15) is 5.75 Å². The second-order valence-electron chi connectivity index (χ2n) is 7.77. The maximum Gasteiger partial charge on any atom is 0.329 e. The summed E-state index contributed by atoms with van der Waals surface area (Å²) in [6.45, 7) is 4.70. The van der Waals surface area contributed by atoms with Crippen LogP contribution in [0.3, 0.4) is 0 Å². The van der Waals surface area contributed by atoms with E-state index in [4.69, 9.17) is 9.47 Å². The van der Waals surface area contributed by atoms with Crippen LogP contribution in [0.1, 0.15) is 29.5 Å². The Balaban J connectivity index is 1.44. The Labute approximate surface area is 192 Å². The van der Waals surface area contributed by atoms with Gasteiger partial charge in [0.05, 0.1) is 12.3 Å². The number of hydrazone groups is 1. The van der Waals surface area contributed by atoms with Crippen molar-refractivity contribution in [3.63, 3.8) is 0 Å². The summed E-state index contributed by atoms with van der Waals surface area (Å²) in [6, 6.07) is 12.7. The Morgan fingerprint density at radius 2 is 2.00 bits per heavy atom. The summed E-state index contributed by atoms with van der Waals surface area (Å²) < 4.78 is 11.0. The standard InChI is InChI=1S/C24H28N4O5/c1-16-8-9-17(2)21(11-16)27-22(29)15-33-19-6-3-5-18(12-19)13-26-28-24(31)23(30)25-14-20-7-4-10-32-20/h3,5-6,8-9,11-13,20H,4,7,10,14-15H2,1-2H3,(H,25,30)(H,27,29)(H,28,31)/b26-13-/t20-/m0/s1. The van der Waals surface area contributed by atoms with Crippen LogP contribution in [0.25, 0.3) is 0 Å². The number of carbonyl (C=O) groups is 3. The summed E-state index contributed by atoms with van der Waals surface area (Å²) in [5, 5.41) is 9.16. The van der Waals surface area contributed by atoms with Crippen LogP contribution in [0.4, 0.5) is 5.69 Å². The molecule has 0 spiro atoms. The Morgan fingerprint density at radius 3 is 2.79 bits per heavy atom. The Kier molecular flexibility index (Phi) is 8.54. The average Bonchev–Trinajstić information content (AvgIpc) is 3.32. The maximum atomic E-state index is 12.2. The first kappa shape index (κ1) is 23.9. The molecule has 0 aliphatic carbocycles. The average molecular weight is 453 g/mol. The molecule has 0 bridgehead atoms. The minimum absolute atomic E-state index is 0.0455. The lowest BCUT2D eigenvalue weighted by atomic mass is 10.1. The molecule has 3 amide bonds. The lowest BCUT2D eigenvalue weighted by Gasteiger charge is -2.10. The monoisotopic (exact) mass is 452 g/mol. The minimum Gasteiger partial charge on any atom is -0.484 e. The first-order valence-electron chi connectivity index (χ1n) is 10.7. The number of amides is 3. The zero-order valence-corrected chi connectivity index (χ0v) is 18.7. The van der Waals surface area contributed by atoms with Gasteiger partial charge in [0.2, 0.25) is 0 Å². The highest BCUT2D eigenvalue weighted by molar-refractivity contribution is 6.35. The van der Waals surface area contributed by atoms with Gasteiger partial charge >= 0.3 is 11.8 Å². The van der Waals surface area contributed by atoms with Gasteiger partial charge in [0, 0.05) is 18.8 Å². The molecule has 2 aromatic carbocycles. The number of nitrogens with zero attached hydrogens (tertiary/aromatic N) is 1. The van der Waals surface area contributed by atoms with Crippen LogP contribution in [0.2, 0.25) is 0 Å². The zero-order chi connectivity index (χ0) is 23.6. The van der Waals surface area contributed by atoms with E-state index in [1.807, 2.05) is 32.0 Å². The van der Waals surface area contributed by atoms with Gasteiger partial charge in [0.25, 0.3) is 5.91 Å². The number of ether oxygens (including phenoxy) is 2. The van der Waals surface area contributed by atoms with Crippen LogP contribution < -0.4 is 20.8 Å². The van der Waals surface area contributed by atoms with Crippen molar-refractivity contribution in [2.24, 2.45) is 5.10 Å². The molecule has 3 N–H and O–H groups in total. The molecule has 0 radical (unpaired) electrons. The molecule has 2 aromatic rings. The van der Waals surface area contributed by atoms with Crippen LogP contribution in [0.15, 0.2) is 47.6 Å². The summed E-state index contributed by atoms with van der Waals surface area (Å²) in [5.74, 6) is -1.44. The minimum atomic E-state index is -0.861. The lowest BCUT2D eigenvalue weighted by molar-refractivity contribution is -0.139. The lowest BCUT2D eigenvalue weighted by Crippen LogP contribution is -2.41. The Bertz CT molecular complexity index is 1030. The summed E-state index contributed by atoms with van der Waals surface area (Å²) in [6.07, 6.45) is 3.16. The molecule has 1 fully saturated rings. The van der Waals surface area contributed by atoms with Crippen LogP contribution in [-0.2, 0) is 19.1 Å². The number of hydrogen-bond donors (Lipinski definition) is 3. The third-order valence-corrected chi connectivity index (χ3v) is 5.00. The number of carbonyl (C=O) groups excluding carboxylic acids is 3. The maximum absolute atomic E-state index is 12.2. The highest BCUT2D eigenvalue weighted by Gasteiger charge is 2.19. The molecule has 1 saturated heterocycles. The van der Waals surface area contributed by atoms with Gasteiger partial charge in [-0.25, -0.2) is 5.43 Å². The zero-order valence-electron chi connectivity index (χ0n) is 18.7. The van der Waals surface area contributed by atoms with E-state index >= 15 is 0 Å². The first-order valence-corrected chi connectivity index (χ1v) is 10.7. The normalized spacial score (nSPS) is 15.3. The quantitative estimate of drug-likeness (QED) is 0.322. The summed E-state index contributed by atoms with van der Waals surface area (Å²) in [7, 11) is 0. The van der Waals surface area contributed by atoms with Gasteiger partial charge in [-0.2, -0.15) is 5.10 Å². The second-order valence-corrected chi connectivity index (χ2v) is 7.77. The molecule has 1 aliphatic heterocycles. The molecule has 1 heterocycles. The summed E-state index contributed by atoms with van der Waals surface area (Å²) in [4.78, 5) is 35.9. The molecule has 33 heavy (non-hydrogen) atoms. The van der Waals surface area contributed by atoms with Gasteiger partial charge in [-0.05, 0) is 61.6 Å². The highest BCUT2D eigenvalue weighted by atomic mass is 16.5. The van der Waals surface area contributed by atoms with E-state index in [9.17, 15) is 14.4 Å².